The number of hydrogen-bond donors (Lipinski definition) is 3. The van der Waals surface area contributed by atoms with Crippen molar-refractivity contribution in [3.63, 3.8) is 0 Å². The molecule has 0 radical (unpaired) electrons. The minimum Gasteiger partial charge on any atom is -0.479 e. The Morgan fingerprint density at radius 2 is 1.90 bits per heavy atom. The maximum absolute atomic E-state index is 12.1. The lowest BCUT2D eigenvalue weighted by molar-refractivity contribution is -0.148. The molecule has 7 nitrogen and oxygen atoms in total. The van der Waals surface area contributed by atoms with Crippen LogP contribution in [0.5, 0.6) is 0 Å². The predicted molar refractivity (Wildman–Crippen MR) is 73.3 cm³/mol. The highest BCUT2D eigenvalue weighted by atomic mass is 16.4. The van der Waals surface area contributed by atoms with Crippen molar-refractivity contribution in [2.75, 3.05) is 19.6 Å². The van der Waals surface area contributed by atoms with E-state index in [1.54, 1.807) is 0 Å². The molecule has 0 aromatic heterocycles. The van der Waals surface area contributed by atoms with Crippen molar-refractivity contribution < 1.29 is 19.5 Å². The van der Waals surface area contributed by atoms with Crippen molar-refractivity contribution >= 4 is 17.9 Å². The van der Waals surface area contributed by atoms with Crippen molar-refractivity contribution in [2.24, 2.45) is 0 Å². The van der Waals surface area contributed by atoms with Gasteiger partial charge in [0.2, 0.25) is 5.91 Å². The van der Waals surface area contributed by atoms with Crippen LogP contribution < -0.4 is 10.6 Å². The van der Waals surface area contributed by atoms with Crippen LogP contribution in [0.1, 0.15) is 39.5 Å². The van der Waals surface area contributed by atoms with Gasteiger partial charge >= 0.3 is 12.0 Å². The molecule has 114 valence electrons. The van der Waals surface area contributed by atoms with Crippen molar-refractivity contribution in [2.45, 2.75) is 45.1 Å². The Labute approximate surface area is 118 Å². The van der Waals surface area contributed by atoms with Gasteiger partial charge in [-0.05, 0) is 19.3 Å². The fraction of sp³-hybridized carbons (Fsp3) is 0.769. The maximum Gasteiger partial charge on any atom is 0.329 e. The third-order valence-electron chi connectivity index (χ3n) is 3.57. The number of carbonyl (C=O) groups excluding carboxylic acids is 2. The first-order chi connectivity index (χ1) is 9.44. The van der Waals surface area contributed by atoms with E-state index in [9.17, 15) is 19.5 Å². The number of nitrogens with one attached hydrogen (secondary N) is 2. The van der Waals surface area contributed by atoms with Crippen LogP contribution in [0.2, 0.25) is 0 Å². The number of carboxylic acid groups (broad SMARTS) is 1. The number of hydrogen-bond acceptors (Lipinski definition) is 3. The summed E-state index contributed by atoms with van der Waals surface area (Å²) in [5, 5.41) is 14.7. The van der Waals surface area contributed by atoms with Gasteiger partial charge in [-0.2, -0.15) is 0 Å². The standard InChI is InChI=1S/C13H23N3O4/c1-3-5-13(11(18)19)6-4-9-16(13)12(20)15-8-7-14-10(2)17/h3-9H2,1-2H3,(H,14,17)(H,15,20)(H,18,19). The molecule has 1 heterocycles. The third-order valence-corrected chi connectivity index (χ3v) is 3.57. The van der Waals surface area contributed by atoms with E-state index >= 15 is 0 Å². The predicted octanol–water partition coefficient (Wildman–Crippen LogP) is 0.551. The van der Waals surface area contributed by atoms with Crippen molar-refractivity contribution in [1.82, 2.24) is 15.5 Å². The zero-order valence-electron chi connectivity index (χ0n) is 12.1. The fourth-order valence-corrected chi connectivity index (χ4v) is 2.68. The molecule has 3 amide bonds. The second kappa shape index (κ2) is 7.12. The molecule has 0 bridgehead atoms. The molecule has 0 aromatic carbocycles. The van der Waals surface area contributed by atoms with Crippen LogP contribution >= 0.6 is 0 Å². The Bertz CT molecular complexity index is 386. The topological polar surface area (TPSA) is 98.7 Å². The van der Waals surface area contributed by atoms with E-state index in [-0.39, 0.29) is 18.5 Å². The van der Waals surface area contributed by atoms with Crippen LogP contribution in [-0.4, -0.2) is 53.1 Å². The average Bonchev–Trinajstić information content (AvgIpc) is 2.79. The summed E-state index contributed by atoms with van der Waals surface area (Å²) in [6.45, 7) is 4.40. The molecule has 7 heteroatoms. The molecule has 1 atom stereocenters. The Morgan fingerprint density at radius 3 is 2.45 bits per heavy atom. The lowest BCUT2D eigenvalue weighted by Crippen LogP contribution is -2.56. The minimum absolute atomic E-state index is 0.161. The van der Waals surface area contributed by atoms with Gasteiger partial charge in [0, 0.05) is 26.6 Å². The molecule has 1 saturated heterocycles. The molecule has 0 saturated carbocycles. The summed E-state index contributed by atoms with van der Waals surface area (Å²) >= 11 is 0. The summed E-state index contributed by atoms with van der Waals surface area (Å²) in [5.74, 6) is -1.10. The number of rotatable bonds is 6. The zero-order chi connectivity index (χ0) is 15.2. The largest absolute Gasteiger partial charge is 0.479 e. The van der Waals surface area contributed by atoms with E-state index in [0.29, 0.717) is 38.8 Å². The number of aliphatic carboxylic acids is 1. The first-order valence-corrected chi connectivity index (χ1v) is 6.97. The second-order valence-electron chi connectivity index (χ2n) is 5.06. The first-order valence-electron chi connectivity index (χ1n) is 6.97. The van der Waals surface area contributed by atoms with E-state index in [2.05, 4.69) is 10.6 Å². The van der Waals surface area contributed by atoms with Gasteiger partial charge < -0.3 is 20.6 Å². The monoisotopic (exact) mass is 285 g/mol. The summed E-state index contributed by atoms with van der Waals surface area (Å²) in [7, 11) is 0. The summed E-state index contributed by atoms with van der Waals surface area (Å²) in [6.07, 6.45) is 2.37. The van der Waals surface area contributed by atoms with Gasteiger partial charge in [-0.15, -0.1) is 0 Å². The summed E-state index contributed by atoms with van der Waals surface area (Å²) < 4.78 is 0. The molecule has 0 spiro atoms. The number of likely N-dealkylation sites (tertiary alicyclic amines) is 1. The fourth-order valence-electron chi connectivity index (χ4n) is 2.68. The molecular weight excluding hydrogens is 262 g/mol. The van der Waals surface area contributed by atoms with Crippen LogP contribution in [0.4, 0.5) is 4.79 Å². The molecule has 1 aliphatic heterocycles. The van der Waals surface area contributed by atoms with Gasteiger partial charge in [0.1, 0.15) is 5.54 Å². The Kier molecular flexibility index (Phi) is 5.79. The van der Waals surface area contributed by atoms with Crippen LogP contribution in [0.15, 0.2) is 0 Å². The summed E-state index contributed by atoms with van der Waals surface area (Å²) in [6, 6.07) is -0.372. The third kappa shape index (κ3) is 3.61. The number of urea groups is 1. The lowest BCUT2D eigenvalue weighted by Gasteiger charge is -2.34. The van der Waals surface area contributed by atoms with Crippen LogP contribution in [0.25, 0.3) is 0 Å². The van der Waals surface area contributed by atoms with Gasteiger partial charge in [0.25, 0.3) is 0 Å². The van der Waals surface area contributed by atoms with Crippen LogP contribution in [0, 0.1) is 0 Å². The number of amides is 3. The summed E-state index contributed by atoms with van der Waals surface area (Å²) in [4.78, 5) is 35.8. The molecular formula is C13H23N3O4. The van der Waals surface area contributed by atoms with Gasteiger partial charge in [-0.3, -0.25) is 4.79 Å². The highest BCUT2D eigenvalue weighted by Gasteiger charge is 2.49. The minimum atomic E-state index is -1.08. The highest BCUT2D eigenvalue weighted by molar-refractivity contribution is 5.87. The van der Waals surface area contributed by atoms with Gasteiger partial charge in [-0.1, -0.05) is 13.3 Å². The van der Waals surface area contributed by atoms with Crippen molar-refractivity contribution in [1.29, 1.82) is 0 Å². The highest BCUT2D eigenvalue weighted by Crippen LogP contribution is 2.33. The Balaban J connectivity index is 2.60. The van der Waals surface area contributed by atoms with E-state index in [1.165, 1.54) is 11.8 Å². The number of nitrogens with zero attached hydrogens (tertiary/aromatic N) is 1. The normalized spacial score (nSPS) is 21.6. The SMILES string of the molecule is CCCC1(C(=O)O)CCCN1C(=O)NCCNC(C)=O. The van der Waals surface area contributed by atoms with E-state index < -0.39 is 11.5 Å². The van der Waals surface area contributed by atoms with Gasteiger partial charge in [0.05, 0.1) is 0 Å². The molecule has 1 rings (SSSR count). The number of carboxylic acids is 1. The molecule has 3 N–H and O–H groups in total. The van der Waals surface area contributed by atoms with Crippen molar-refractivity contribution in [3.05, 3.63) is 0 Å². The van der Waals surface area contributed by atoms with E-state index in [4.69, 9.17) is 0 Å². The molecule has 0 aliphatic carbocycles. The van der Waals surface area contributed by atoms with Crippen molar-refractivity contribution in [3.8, 4) is 0 Å². The van der Waals surface area contributed by atoms with Crippen LogP contribution in [-0.2, 0) is 9.59 Å². The zero-order valence-corrected chi connectivity index (χ0v) is 12.1. The Hall–Kier alpha value is -1.79. The van der Waals surface area contributed by atoms with Gasteiger partial charge in [-0.25, -0.2) is 9.59 Å². The summed E-state index contributed by atoms with van der Waals surface area (Å²) in [5.41, 5.74) is -1.08. The van der Waals surface area contributed by atoms with Gasteiger partial charge in [0.15, 0.2) is 0 Å². The molecule has 0 aromatic rings. The number of carbonyl (C=O) groups is 3. The molecule has 1 fully saturated rings. The molecule has 1 unspecified atom stereocenters. The quantitative estimate of drug-likeness (QED) is 0.621. The molecule has 20 heavy (non-hydrogen) atoms. The molecule has 1 aliphatic rings. The van der Waals surface area contributed by atoms with Crippen LogP contribution in [0.3, 0.4) is 0 Å². The van der Waals surface area contributed by atoms with E-state index in [1.807, 2.05) is 6.92 Å². The second-order valence-corrected chi connectivity index (χ2v) is 5.06. The lowest BCUT2D eigenvalue weighted by atomic mass is 9.91. The van der Waals surface area contributed by atoms with E-state index in [0.717, 1.165) is 0 Å². The average molecular weight is 285 g/mol. The maximum atomic E-state index is 12.1. The Morgan fingerprint density at radius 1 is 1.25 bits per heavy atom. The smallest absolute Gasteiger partial charge is 0.329 e. The first kappa shape index (κ1) is 16.3.